The summed E-state index contributed by atoms with van der Waals surface area (Å²) in [5.41, 5.74) is 14.0. The maximum absolute atomic E-state index is 2.42. The average Bonchev–Trinajstić information content (AvgIpc) is 3.93. The van der Waals surface area contributed by atoms with E-state index in [-0.39, 0.29) is 0 Å². The van der Waals surface area contributed by atoms with Crippen molar-refractivity contribution in [3.63, 3.8) is 0 Å². The highest BCUT2D eigenvalue weighted by Crippen LogP contribution is 2.45. The molecule has 0 amide bonds. The minimum atomic E-state index is 1.09. The van der Waals surface area contributed by atoms with Crippen molar-refractivity contribution in [2.45, 2.75) is 0 Å². The molecule has 0 bridgehead atoms. The maximum atomic E-state index is 2.42. The number of hydrogen-bond donors (Lipinski definition) is 0. The van der Waals surface area contributed by atoms with E-state index in [1.54, 1.807) is 0 Å². The molecule has 0 fully saturated rings. The zero-order chi connectivity index (χ0) is 42.8. The third-order valence-corrected chi connectivity index (χ3v) is 14.4. The molecule has 304 valence electrons. The van der Waals surface area contributed by atoms with Crippen LogP contribution in [0.15, 0.2) is 243 Å². The molecule has 11 aromatic carbocycles. The molecule has 0 saturated heterocycles. The molecule has 3 heteroatoms. The lowest BCUT2D eigenvalue weighted by Crippen LogP contribution is -2.11. The van der Waals surface area contributed by atoms with Gasteiger partial charge in [-0.15, -0.1) is 11.3 Å². The van der Waals surface area contributed by atoms with E-state index >= 15 is 0 Å². The summed E-state index contributed by atoms with van der Waals surface area (Å²) in [7, 11) is 0. The van der Waals surface area contributed by atoms with Crippen molar-refractivity contribution in [1.82, 2.24) is 4.57 Å². The first-order valence-electron chi connectivity index (χ1n) is 22.2. The Morgan fingerprint density at radius 3 is 1.62 bits per heavy atom. The van der Waals surface area contributed by atoms with Crippen LogP contribution in [0.5, 0.6) is 0 Å². The highest BCUT2D eigenvalue weighted by molar-refractivity contribution is 7.26. The predicted molar refractivity (Wildman–Crippen MR) is 280 cm³/mol. The molecule has 0 N–H and O–H groups in total. The highest BCUT2D eigenvalue weighted by Gasteiger charge is 2.20. The molecular weight excluding hydrogens is 805 g/mol. The molecule has 0 aliphatic rings. The highest BCUT2D eigenvalue weighted by atomic mass is 32.1. The second-order valence-corrected chi connectivity index (χ2v) is 17.9. The second-order valence-electron chi connectivity index (χ2n) is 16.9. The molecular formula is C62H40N2S. The molecule has 0 unspecified atom stereocenters. The minimum absolute atomic E-state index is 1.09. The lowest BCUT2D eigenvalue weighted by Gasteiger charge is -2.28. The predicted octanol–water partition coefficient (Wildman–Crippen LogP) is 17.9. The summed E-state index contributed by atoms with van der Waals surface area (Å²) >= 11 is 1.89. The van der Waals surface area contributed by atoms with E-state index in [1.807, 2.05) is 11.3 Å². The number of para-hydroxylation sites is 4. The Morgan fingerprint density at radius 2 is 0.862 bits per heavy atom. The van der Waals surface area contributed by atoms with Gasteiger partial charge in [0, 0.05) is 53.4 Å². The van der Waals surface area contributed by atoms with E-state index in [2.05, 4.69) is 252 Å². The van der Waals surface area contributed by atoms with Gasteiger partial charge in [-0.3, -0.25) is 0 Å². The number of benzene rings is 11. The summed E-state index contributed by atoms with van der Waals surface area (Å²) < 4.78 is 5.08. The Hall–Kier alpha value is -8.24. The van der Waals surface area contributed by atoms with Gasteiger partial charge in [-0.25, -0.2) is 0 Å². The Morgan fingerprint density at radius 1 is 0.323 bits per heavy atom. The van der Waals surface area contributed by atoms with Gasteiger partial charge < -0.3 is 9.47 Å². The number of thiophene rings is 1. The molecule has 0 spiro atoms. The molecule has 0 saturated carbocycles. The molecule has 13 rings (SSSR count). The van der Waals surface area contributed by atoms with Gasteiger partial charge in [0.2, 0.25) is 0 Å². The van der Waals surface area contributed by atoms with Crippen molar-refractivity contribution in [3.8, 4) is 39.1 Å². The summed E-state index contributed by atoms with van der Waals surface area (Å²) in [5, 5.41) is 10.2. The smallest absolute Gasteiger partial charge is 0.0541 e. The fraction of sp³-hybridized carbons (Fsp3) is 0. The van der Waals surface area contributed by atoms with Gasteiger partial charge in [-0.1, -0.05) is 182 Å². The first-order valence-corrected chi connectivity index (χ1v) is 23.1. The van der Waals surface area contributed by atoms with Gasteiger partial charge in [-0.05, 0) is 104 Å². The summed E-state index contributed by atoms with van der Waals surface area (Å²) in [6, 6.07) is 88.9. The van der Waals surface area contributed by atoms with Crippen molar-refractivity contribution < 1.29 is 0 Å². The van der Waals surface area contributed by atoms with Crippen molar-refractivity contribution >= 4 is 91.9 Å². The van der Waals surface area contributed by atoms with Gasteiger partial charge in [0.25, 0.3) is 0 Å². The standard InChI is InChI=1S/C62H40N2S/c1-2-15-45-39-47(26-25-41(45)13-1)51-17-6-9-21-57(51)63(48-33-27-42(28-34-48)46-32-37-55-56-38-31-43-14-3-4-18-52(43)62(56)65-61(55)40-46)49-35-29-44(30-36-49)50-16-5-10-22-58(50)64-59-23-11-7-19-53(59)54-20-8-12-24-60(54)64/h1-40H. The van der Waals surface area contributed by atoms with Crippen LogP contribution in [0.2, 0.25) is 0 Å². The number of anilines is 3. The number of rotatable bonds is 7. The molecule has 0 radical (unpaired) electrons. The summed E-state index contributed by atoms with van der Waals surface area (Å²) in [4.78, 5) is 2.41. The van der Waals surface area contributed by atoms with Crippen LogP contribution in [-0.2, 0) is 0 Å². The first-order chi connectivity index (χ1) is 32.2. The van der Waals surface area contributed by atoms with Crippen LogP contribution >= 0.6 is 11.3 Å². The fourth-order valence-corrected chi connectivity index (χ4v) is 11.3. The van der Waals surface area contributed by atoms with E-state index in [1.165, 1.54) is 91.3 Å². The van der Waals surface area contributed by atoms with Crippen LogP contribution < -0.4 is 4.90 Å². The fourth-order valence-electron chi connectivity index (χ4n) is 10.1. The third-order valence-electron chi connectivity index (χ3n) is 13.2. The van der Waals surface area contributed by atoms with Crippen LogP contribution in [0.25, 0.3) is 103 Å². The van der Waals surface area contributed by atoms with E-state index < -0.39 is 0 Å². The number of hydrogen-bond acceptors (Lipinski definition) is 2. The normalized spacial score (nSPS) is 11.7. The monoisotopic (exact) mass is 844 g/mol. The van der Waals surface area contributed by atoms with Crippen LogP contribution in [0, 0.1) is 0 Å². The van der Waals surface area contributed by atoms with E-state index in [0.717, 1.165) is 28.3 Å². The Kier molecular flexibility index (Phi) is 8.75. The molecule has 2 nitrogen and oxygen atoms in total. The van der Waals surface area contributed by atoms with Crippen molar-refractivity contribution in [2.24, 2.45) is 0 Å². The Bertz CT molecular complexity index is 3900. The molecule has 13 aromatic rings. The van der Waals surface area contributed by atoms with Crippen LogP contribution in [0.3, 0.4) is 0 Å². The van der Waals surface area contributed by atoms with E-state index in [0.29, 0.717) is 0 Å². The SMILES string of the molecule is c1ccc(N(c2ccc(-c3ccc4c(c3)sc3c5ccccc5ccc43)cc2)c2ccc(-c3ccccc3-n3c4ccccc4c4ccccc43)cc2)c(-c2ccc3ccccc3c2)c1. The van der Waals surface area contributed by atoms with Gasteiger partial charge in [0.05, 0.1) is 22.4 Å². The Labute approximate surface area is 381 Å². The quantitative estimate of drug-likeness (QED) is 0.155. The molecule has 0 aliphatic heterocycles. The van der Waals surface area contributed by atoms with Crippen molar-refractivity contribution in [1.29, 1.82) is 0 Å². The third kappa shape index (κ3) is 6.24. The second kappa shape index (κ2) is 15.2. The van der Waals surface area contributed by atoms with Crippen LogP contribution in [0.1, 0.15) is 0 Å². The molecule has 0 atom stereocenters. The van der Waals surface area contributed by atoms with Gasteiger partial charge in [-0.2, -0.15) is 0 Å². The largest absolute Gasteiger partial charge is 0.310 e. The lowest BCUT2D eigenvalue weighted by atomic mass is 9.98. The molecule has 2 aromatic heterocycles. The van der Waals surface area contributed by atoms with Gasteiger partial charge in [0.1, 0.15) is 0 Å². The summed E-state index contributed by atoms with van der Waals surface area (Å²) in [6.45, 7) is 0. The average molecular weight is 845 g/mol. The zero-order valence-electron chi connectivity index (χ0n) is 35.4. The van der Waals surface area contributed by atoms with Crippen molar-refractivity contribution in [3.05, 3.63) is 243 Å². The lowest BCUT2D eigenvalue weighted by molar-refractivity contribution is 1.18. The zero-order valence-corrected chi connectivity index (χ0v) is 36.2. The van der Waals surface area contributed by atoms with Crippen molar-refractivity contribution in [2.75, 3.05) is 4.90 Å². The van der Waals surface area contributed by atoms with Gasteiger partial charge >= 0.3 is 0 Å². The number of nitrogens with zero attached hydrogens (tertiary/aromatic N) is 2. The van der Waals surface area contributed by atoms with E-state index in [9.17, 15) is 0 Å². The van der Waals surface area contributed by atoms with E-state index in [4.69, 9.17) is 0 Å². The first kappa shape index (κ1) is 37.3. The number of aromatic nitrogens is 1. The van der Waals surface area contributed by atoms with Crippen LogP contribution in [-0.4, -0.2) is 4.57 Å². The summed E-state index contributed by atoms with van der Waals surface area (Å²) in [6.07, 6.45) is 0. The molecule has 0 aliphatic carbocycles. The maximum Gasteiger partial charge on any atom is 0.0541 e. The van der Waals surface area contributed by atoms with Crippen LogP contribution in [0.4, 0.5) is 17.1 Å². The summed E-state index contributed by atoms with van der Waals surface area (Å²) in [5.74, 6) is 0. The molecule has 65 heavy (non-hydrogen) atoms. The topological polar surface area (TPSA) is 8.17 Å². The number of fused-ring (bicyclic) bond motifs is 9. The minimum Gasteiger partial charge on any atom is -0.310 e. The Balaban J connectivity index is 0.926. The van der Waals surface area contributed by atoms with Gasteiger partial charge in [0.15, 0.2) is 0 Å². The molecule has 2 heterocycles.